The summed E-state index contributed by atoms with van der Waals surface area (Å²) in [5.41, 5.74) is 0.477. The van der Waals surface area contributed by atoms with Gasteiger partial charge in [0.05, 0.1) is 26.9 Å². The quantitative estimate of drug-likeness (QED) is 0.889. The summed E-state index contributed by atoms with van der Waals surface area (Å²) in [4.78, 5) is 25.5. The van der Waals surface area contributed by atoms with Crippen LogP contribution in [0.1, 0.15) is 23.2 Å². The molecule has 0 atom stereocenters. The van der Waals surface area contributed by atoms with Gasteiger partial charge in [0.15, 0.2) is 0 Å². The predicted octanol–water partition coefficient (Wildman–Crippen LogP) is 1.91. The van der Waals surface area contributed by atoms with Gasteiger partial charge < -0.3 is 24.4 Å². The first-order valence-electron chi connectivity index (χ1n) is 7.92. The van der Waals surface area contributed by atoms with E-state index in [1.54, 1.807) is 30.2 Å². The number of nitrogens with one attached hydrogen (secondary N) is 1. The van der Waals surface area contributed by atoms with Gasteiger partial charge >= 0.3 is 6.09 Å². The molecule has 7 nitrogen and oxygen atoms in total. The van der Waals surface area contributed by atoms with Crippen molar-refractivity contribution >= 4 is 12.0 Å². The second kappa shape index (κ2) is 8.42. The molecule has 0 aromatic heterocycles. The monoisotopic (exact) mass is 336 g/mol. The normalized spacial score (nSPS) is 14.9. The Kier molecular flexibility index (Phi) is 6.28. The highest BCUT2D eigenvalue weighted by molar-refractivity contribution is 5.97. The Labute approximate surface area is 141 Å². The molecule has 0 aliphatic carbocycles. The third-order valence-electron chi connectivity index (χ3n) is 4.25. The molecule has 0 radical (unpaired) electrons. The molecule has 24 heavy (non-hydrogen) atoms. The molecular formula is C17H24N2O5. The minimum atomic E-state index is -0.291. The molecule has 132 valence electrons. The van der Waals surface area contributed by atoms with E-state index in [1.807, 2.05) is 0 Å². The van der Waals surface area contributed by atoms with E-state index in [2.05, 4.69) is 5.32 Å². The average Bonchev–Trinajstić information content (AvgIpc) is 2.65. The van der Waals surface area contributed by atoms with Crippen LogP contribution in [0.5, 0.6) is 11.5 Å². The van der Waals surface area contributed by atoms with Crippen LogP contribution >= 0.6 is 0 Å². The number of hydrogen-bond donors (Lipinski definition) is 1. The maximum Gasteiger partial charge on any atom is 0.409 e. The lowest BCUT2D eigenvalue weighted by Crippen LogP contribution is -2.41. The maximum atomic E-state index is 12.4. The van der Waals surface area contributed by atoms with Crippen molar-refractivity contribution in [1.29, 1.82) is 0 Å². The molecule has 1 fully saturated rings. The number of carbonyl (C=O) groups excluding carboxylic acids is 2. The number of amides is 2. The zero-order chi connectivity index (χ0) is 17.5. The van der Waals surface area contributed by atoms with Gasteiger partial charge in [-0.2, -0.15) is 0 Å². The van der Waals surface area contributed by atoms with E-state index in [1.165, 1.54) is 14.2 Å². The number of ether oxygens (including phenoxy) is 3. The van der Waals surface area contributed by atoms with E-state index in [9.17, 15) is 9.59 Å². The summed E-state index contributed by atoms with van der Waals surface area (Å²) in [5.74, 6) is 1.29. The summed E-state index contributed by atoms with van der Waals surface area (Å²) in [5, 5.41) is 2.94. The van der Waals surface area contributed by atoms with E-state index in [0.717, 1.165) is 12.8 Å². The van der Waals surface area contributed by atoms with Gasteiger partial charge in [0, 0.05) is 25.7 Å². The number of carbonyl (C=O) groups is 2. The van der Waals surface area contributed by atoms with Crippen LogP contribution < -0.4 is 14.8 Å². The Morgan fingerprint density at radius 3 is 2.46 bits per heavy atom. The molecule has 1 aromatic rings. The highest BCUT2D eigenvalue weighted by atomic mass is 16.5. The van der Waals surface area contributed by atoms with Crippen molar-refractivity contribution in [3.63, 3.8) is 0 Å². The van der Waals surface area contributed by atoms with Gasteiger partial charge in [-0.1, -0.05) is 0 Å². The molecule has 1 saturated heterocycles. The van der Waals surface area contributed by atoms with Crippen LogP contribution in [-0.2, 0) is 4.74 Å². The van der Waals surface area contributed by atoms with Gasteiger partial charge in [-0.15, -0.1) is 0 Å². The lowest BCUT2D eigenvalue weighted by Gasteiger charge is -2.30. The van der Waals surface area contributed by atoms with Gasteiger partial charge in [-0.25, -0.2) is 4.79 Å². The molecule has 1 aromatic carbocycles. The van der Waals surface area contributed by atoms with E-state index >= 15 is 0 Å². The molecule has 0 saturated carbocycles. The standard InChI is InChI=1S/C17H24N2O5/c1-22-13-4-5-14(15(10-13)23-2)16(20)18-11-12-6-8-19(9-7-12)17(21)24-3/h4-5,10,12H,6-9,11H2,1-3H3,(H,18,20). The van der Waals surface area contributed by atoms with Crippen LogP contribution in [0.25, 0.3) is 0 Å². The fourth-order valence-corrected chi connectivity index (χ4v) is 2.77. The van der Waals surface area contributed by atoms with Crippen LogP contribution in [0.3, 0.4) is 0 Å². The Bertz CT molecular complexity index is 582. The maximum absolute atomic E-state index is 12.4. The first-order valence-corrected chi connectivity index (χ1v) is 7.92. The summed E-state index contributed by atoms with van der Waals surface area (Å²) in [6.45, 7) is 1.88. The molecule has 1 aliphatic heterocycles. The molecule has 1 N–H and O–H groups in total. The highest BCUT2D eigenvalue weighted by Gasteiger charge is 2.24. The molecule has 0 bridgehead atoms. The predicted molar refractivity (Wildman–Crippen MR) is 88.6 cm³/mol. The molecule has 2 rings (SSSR count). The summed E-state index contributed by atoms with van der Waals surface area (Å²) >= 11 is 0. The Morgan fingerprint density at radius 1 is 1.17 bits per heavy atom. The zero-order valence-electron chi connectivity index (χ0n) is 14.3. The number of hydrogen-bond acceptors (Lipinski definition) is 5. The summed E-state index contributed by atoms with van der Waals surface area (Å²) < 4.78 is 15.1. The van der Waals surface area contributed by atoms with Crippen molar-refractivity contribution in [2.45, 2.75) is 12.8 Å². The van der Waals surface area contributed by atoms with Gasteiger partial charge in [0.2, 0.25) is 0 Å². The zero-order valence-corrected chi connectivity index (χ0v) is 14.3. The lowest BCUT2D eigenvalue weighted by molar-refractivity contribution is 0.0911. The minimum Gasteiger partial charge on any atom is -0.497 e. The number of likely N-dealkylation sites (tertiary alicyclic amines) is 1. The second-order valence-electron chi connectivity index (χ2n) is 5.68. The van der Waals surface area contributed by atoms with Crippen molar-refractivity contribution in [3.8, 4) is 11.5 Å². The van der Waals surface area contributed by atoms with Crippen molar-refractivity contribution in [2.24, 2.45) is 5.92 Å². The first kappa shape index (κ1) is 17.9. The average molecular weight is 336 g/mol. The van der Waals surface area contributed by atoms with E-state index in [4.69, 9.17) is 14.2 Å². The van der Waals surface area contributed by atoms with E-state index in [0.29, 0.717) is 42.6 Å². The number of benzene rings is 1. The van der Waals surface area contributed by atoms with Crippen LogP contribution in [0.2, 0.25) is 0 Å². The molecule has 1 heterocycles. The molecule has 7 heteroatoms. The third kappa shape index (κ3) is 4.31. The van der Waals surface area contributed by atoms with Crippen LogP contribution in [0.15, 0.2) is 18.2 Å². The fourth-order valence-electron chi connectivity index (χ4n) is 2.77. The molecule has 1 aliphatic rings. The number of nitrogens with zero attached hydrogens (tertiary/aromatic N) is 1. The van der Waals surface area contributed by atoms with Crippen LogP contribution in [0.4, 0.5) is 4.79 Å². The second-order valence-corrected chi connectivity index (χ2v) is 5.68. The van der Waals surface area contributed by atoms with Crippen LogP contribution in [-0.4, -0.2) is 57.9 Å². The fraction of sp³-hybridized carbons (Fsp3) is 0.529. The van der Waals surface area contributed by atoms with Crippen molar-refractivity contribution in [1.82, 2.24) is 10.2 Å². The van der Waals surface area contributed by atoms with Gasteiger partial charge in [-0.05, 0) is 30.9 Å². The van der Waals surface area contributed by atoms with Gasteiger partial charge in [0.1, 0.15) is 11.5 Å². The molecule has 2 amide bonds. The van der Waals surface area contributed by atoms with Gasteiger partial charge in [-0.3, -0.25) is 4.79 Å². The number of piperidine rings is 1. The van der Waals surface area contributed by atoms with E-state index < -0.39 is 0 Å². The number of rotatable bonds is 5. The smallest absolute Gasteiger partial charge is 0.409 e. The summed E-state index contributed by atoms with van der Waals surface area (Å²) in [6.07, 6.45) is 1.39. The minimum absolute atomic E-state index is 0.176. The highest BCUT2D eigenvalue weighted by Crippen LogP contribution is 2.24. The van der Waals surface area contributed by atoms with Gasteiger partial charge in [0.25, 0.3) is 5.91 Å². The van der Waals surface area contributed by atoms with Crippen LogP contribution in [0, 0.1) is 5.92 Å². The summed E-state index contributed by atoms with van der Waals surface area (Å²) in [6, 6.07) is 5.10. The van der Waals surface area contributed by atoms with E-state index in [-0.39, 0.29) is 12.0 Å². The SMILES string of the molecule is COC(=O)N1CCC(CNC(=O)c2ccc(OC)cc2OC)CC1. The lowest BCUT2D eigenvalue weighted by atomic mass is 9.97. The molecular weight excluding hydrogens is 312 g/mol. The largest absolute Gasteiger partial charge is 0.497 e. The summed E-state index contributed by atoms with van der Waals surface area (Å²) in [7, 11) is 4.47. The Morgan fingerprint density at radius 2 is 1.88 bits per heavy atom. The number of methoxy groups -OCH3 is 3. The Balaban J connectivity index is 1.87. The Hall–Kier alpha value is -2.44. The van der Waals surface area contributed by atoms with Crippen molar-refractivity contribution in [2.75, 3.05) is 41.0 Å². The topological polar surface area (TPSA) is 77.1 Å². The van der Waals surface area contributed by atoms with Crippen molar-refractivity contribution < 1.29 is 23.8 Å². The van der Waals surface area contributed by atoms with Crippen molar-refractivity contribution in [3.05, 3.63) is 23.8 Å². The molecule has 0 unspecified atom stereocenters. The first-order chi connectivity index (χ1) is 11.6. The molecule has 0 spiro atoms. The third-order valence-corrected chi connectivity index (χ3v) is 4.25.